The van der Waals surface area contributed by atoms with Gasteiger partial charge in [0.2, 0.25) is 10.0 Å². The molecule has 108 valence electrons. The van der Waals surface area contributed by atoms with E-state index in [9.17, 15) is 8.42 Å². The zero-order chi connectivity index (χ0) is 13.9. The summed E-state index contributed by atoms with van der Waals surface area (Å²) in [4.78, 5) is 0.270. The highest BCUT2D eigenvalue weighted by Gasteiger charge is 2.27. The molecule has 0 unspecified atom stereocenters. The van der Waals surface area contributed by atoms with Crippen LogP contribution in [0.3, 0.4) is 0 Å². The Bertz CT molecular complexity index is 508. The number of nitrogens with two attached hydrogens (primary N) is 1. The molecule has 0 amide bonds. The van der Waals surface area contributed by atoms with Gasteiger partial charge in [-0.15, -0.1) is 0 Å². The minimum atomic E-state index is -3.40. The Morgan fingerprint density at radius 3 is 2.84 bits per heavy atom. The minimum absolute atomic E-state index is 0.270. The van der Waals surface area contributed by atoms with E-state index in [2.05, 4.69) is 5.10 Å². The van der Waals surface area contributed by atoms with Crippen molar-refractivity contribution in [1.29, 1.82) is 0 Å². The van der Waals surface area contributed by atoms with Gasteiger partial charge in [0.15, 0.2) is 0 Å². The van der Waals surface area contributed by atoms with Crippen molar-refractivity contribution in [2.24, 2.45) is 11.7 Å². The fourth-order valence-corrected chi connectivity index (χ4v) is 3.37. The van der Waals surface area contributed by atoms with Crippen LogP contribution in [0, 0.1) is 5.92 Å². The molecule has 1 aliphatic carbocycles. The van der Waals surface area contributed by atoms with Crippen LogP contribution in [0.1, 0.15) is 25.7 Å². The lowest BCUT2D eigenvalue weighted by molar-refractivity contribution is 0.263. The van der Waals surface area contributed by atoms with E-state index in [4.69, 9.17) is 5.73 Å². The molecule has 2 rings (SSSR count). The predicted octanol–water partition coefficient (Wildman–Crippen LogP) is 0.653. The molecule has 0 radical (unpaired) electrons. The van der Waals surface area contributed by atoms with Crippen LogP contribution < -0.4 is 5.73 Å². The first-order valence-electron chi connectivity index (χ1n) is 6.73. The molecule has 0 aliphatic heterocycles. The van der Waals surface area contributed by atoms with Crippen LogP contribution in [-0.4, -0.2) is 42.6 Å². The monoisotopic (exact) mass is 286 g/mol. The fourth-order valence-electron chi connectivity index (χ4n) is 2.17. The third-order valence-corrected chi connectivity index (χ3v) is 5.43. The van der Waals surface area contributed by atoms with Crippen molar-refractivity contribution in [3.63, 3.8) is 0 Å². The molecular weight excluding hydrogens is 264 g/mol. The highest BCUT2D eigenvalue weighted by Crippen LogP contribution is 2.28. The summed E-state index contributed by atoms with van der Waals surface area (Å²) in [6.45, 7) is 1.83. The lowest BCUT2D eigenvalue weighted by atomic mass is 9.86. The van der Waals surface area contributed by atoms with Gasteiger partial charge in [0.05, 0.1) is 6.20 Å². The number of rotatable bonds is 7. The van der Waals surface area contributed by atoms with Gasteiger partial charge in [-0.3, -0.25) is 4.68 Å². The second kappa shape index (κ2) is 6.02. The summed E-state index contributed by atoms with van der Waals surface area (Å²) in [5, 5.41) is 4.07. The molecule has 0 spiro atoms. The van der Waals surface area contributed by atoms with Gasteiger partial charge in [0.1, 0.15) is 4.90 Å². The van der Waals surface area contributed by atoms with Crippen LogP contribution in [0.4, 0.5) is 0 Å². The highest BCUT2D eigenvalue weighted by molar-refractivity contribution is 7.89. The number of aromatic nitrogens is 2. The third-order valence-electron chi connectivity index (χ3n) is 3.65. The van der Waals surface area contributed by atoms with Crippen molar-refractivity contribution in [3.8, 4) is 0 Å². The largest absolute Gasteiger partial charge is 0.330 e. The molecule has 7 heteroatoms. The molecule has 6 nitrogen and oxygen atoms in total. The van der Waals surface area contributed by atoms with Crippen molar-refractivity contribution in [2.75, 3.05) is 20.1 Å². The summed E-state index contributed by atoms with van der Waals surface area (Å²) in [5.74, 6) is 0.520. The molecule has 0 atom stereocenters. The minimum Gasteiger partial charge on any atom is -0.330 e. The fraction of sp³-hybridized carbons (Fsp3) is 0.750. The maximum Gasteiger partial charge on any atom is 0.245 e. The molecule has 2 N–H and O–H groups in total. The standard InChI is InChI=1S/C12H22N4O2S/c1-15(9-11-4-2-5-11)19(17,18)12-8-14-16(10-12)7-3-6-13/h8,10-11H,2-7,9,13H2,1H3. The van der Waals surface area contributed by atoms with E-state index in [0.29, 0.717) is 25.6 Å². The maximum atomic E-state index is 12.3. The Balaban J connectivity index is 2.02. The van der Waals surface area contributed by atoms with Gasteiger partial charge in [0.25, 0.3) is 0 Å². The van der Waals surface area contributed by atoms with Gasteiger partial charge < -0.3 is 5.73 Å². The van der Waals surface area contributed by atoms with Crippen molar-refractivity contribution in [2.45, 2.75) is 37.1 Å². The molecule has 19 heavy (non-hydrogen) atoms. The van der Waals surface area contributed by atoms with Crippen LogP contribution in [0.15, 0.2) is 17.3 Å². The van der Waals surface area contributed by atoms with Gasteiger partial charge in [-0.1, -0.05) is 6.42 Å². The Hall–Kier alpha value is -0.920. The smallest absolute Gasteiger partial charge is 0.245 e. The average Bonchev–Trinajstić information content (AvgIpc) is 2.80. The molecule has 1 saturated carbocycles. The maximum absolute atomic E-state index is 12.3. The van der Waals surface area contributed by atoms with Gasteiger partial charge in [-0.2, -0.15) is 5.10 Å². The number of nitrogens with zero attached hydrogens (tertiary/aromatic N) is 3. The molecule has 1 heterocycles. The van der Waals surface area contributed by atoms with Gasteiger partial charge in [-0.05, 0) is 31.7 Å². The molecule has 0 aromatic carbocycles. The molecule has 0 saturated heterocycles. The number of sulfonamides is 1. The Morgan fingerprint density at radius 2 is 2.26 bits per heavy atom. The van der Waals surface area contributed by atoms with Gasteiger partial charge >= 0.3 is 0 Å². The van der Waals surface area contributed by atoms with Crippen LogP contribution in [-0.2, 0) is 16.6 Å². The van der Waals surface area contributed by atoms with E-state index in [1.807, 2.05) is 0 Å². The van der Waals surface area contributed by atoms with E-state index in [0.717, 1.165) is 19.3 Å². The normalized spacial score (nSPS) is 16.8. The lowest BCUT2D eigenvalue weighted by Crippen LogP contribution is -2.34. The number of hydrogen-bond acceptors (Lipinski definition) is 4. The molecule has 1 aromatic heterocycles. The second-order valence-electron chi connectivity index (χ2n) is 5.16. The Kier molecular flexibility index (Phi) is 4.59. The van der Waals surface area contributed by atoms with Crippen molar-refractivity contribution >= 4 is 10.0 Å². The van der Waals surface area contributed by atoms with Crippen LogP contribution in [0.5, 0.6) is 0 Å². The first kappa shape index (κ1) is 14.5. The first-order valence-corrected chi connectivity index (χ1v) is 8.17. The van der Waals surface area contributed by atoms with Crippen molar-refractivity contribution < 1.29 is 8.42 Å². The van der Waals surface area contributed by atoms with E-state index >= 15 is 0 Å². The topological polar surface area (TPSA) is 81.2 Å². The second-order valence-corrected chi connectivity index (χ2v) is 7.21. The molecular formula is C12H22N4O2S. The Morgan fingerprint density at radius 1 is 1.53 bits per heavy atom. The molecule has 1 fully saturated rings. The summed E-state index contributed by atoms with van der Waals surface area (Å²) in [7, 11) is -1.75. The SMILES string of the molecule is CN(CC1CCC1)S(=O)(=O)c1cnn(CCCN)c1. The van der Waals surface area contributed by atoms with E-state index in [1.54, 1.807) is 17.9 Å². The molecule has 0 bridgehead atoms. The average molecular weight is 286 g/mol. The summed E-state index contributed by atoms with van der Waals surface area (Å²) in [5.41, 5.74) is 5.43. The van der Waals surface area contributed by atoms with Crippen molar-refractivity contribution in [1.82, 2.24) is 14.1 Å². The zero-order valence-electron chi connectivity index (χ0n) is 11.3. The zero-order valence-corrected chi connectivity index (χ0v) is 12.1. The summed E-state index contributed by atoms with van der Waals surface area (Å²) in [6.07, 6.45) is 7.28. The predicted molar refractivity (Wildman–Crippen MR) is 73.1 cm³/mol. The highest BCUT2D eigenvalue weighted by atomic mass is 32.2. The van der Waals surface area contributed by atoms with E-state index in [1.165, 1.54) is 16.9 Å². The quantitative estimate of drug-likeness (QED) is 0.798. The number of aryl methyl sites for hydroxylation is 1. The molecule has 1 aromatic rings. The van der Waals surface area contributed by atoms with Crippen LogP contribution in [0.2, 0.25) is 0 Å². The summed E-state index contributed by atoms with van der Waals surface area (Å²) < 4.78 is 27.8. The van der Waals surface area contributed by atoms with Gasteiger partial charge in [-0.25, -0.2) is 12.7 Å². The first-order chi connectivity index (χ1) is 9.04. The van der Waals surface area contributed by atoms with Crippen LogP contribution >= 0.6 is 0 Å². The number of hydrogen-bond donors (Lipinski definition) is 1. The van der Waals surface area contributed by atoms with E-state index in [-0.39, 0.29) is 4.90 Å². The van der Waals surface area contributed by atoms with E-state index < -0.39 is 10.0 Å². The van der Waals surface area contributed by atoms with Gasteiger partial charge in [0, 0.05) is 26.3 Å². The third kappa shape index (κ3) is 3.34. The Labute approximate surface area is 114 Å². The summed E-state index contributed by atoms with van der Waals surface area (Å²) >= 11 is 0. The molecule has 1 aliphatic rings. The lowest BCUT2D eigenvalue weighted by Gasteiger charge is -2.29. The summed E-state index contributed by atoms with van der Waals surface area (Å²) in [6, 6.07) is 0. The van der Waals surface area contributed by atoms with Crippen molar-refractivity contribution in [3.05, 3.63) is 12.4 Å². The van der Waals surface area contributed by atoms with Crippen LogP contribution in [0.25, 0.3) is 0 Å².